The van der Waals surface area contributed by atoms with Crippen molar-refractivity contribution in [3.63, 3.8) is 0 Å². The van der Waals surface area contributed by atoms with E-state index in [0.717, 1.165) is 6.07 Å². The molecular formula is C18H22FN5O4S. The minimum Gasteiger partial charge on any atom is -0.480 e. The molecule has 0 bridgehead atoms. The van der Waals surface area contributed by atoms with Crippen LogP contribution in [0.15, 0.2) is 30.6 Å². The molecule has 1 aromatic carbocycles. The third-order valence-corrected chi connectivity index (χ3v) is 6.61. The summed E-state index contributed by atoms with van der Waals surface area (Å²) in [5.74, 6) is -2.51. The summed E-state index contributed by atoms with van der Waals surface area (Å²) in [5.41, 5.74) is 5.70. The van der Waals surface area contributed by atoms with Gasteiger partial charge in [-0.1, -0.05) is 6.92 Å². The Bertz CT molecular complexity index is 1010. The lowest BCUT2D eigenvalue weighted by molar-refractivity contribution is 0.102. The zero-order chi connectivity index (χ0) is 21.8. The van der Waals surface area contributed by atoms with Crippen LogP contribution in [0.2, 0.25) is 0 Å². The predicted octanol–water partition coefficient (Wildman–Crippen LogP) is 1.72. The number of halogens is 1. The molecule has 0 unspecified atom stereocenters. The number of sulfone groups is 1. The van der Waals surface area contributed by atoms with E-state index in [1.165, 1.54) is 38.6 Å². The molecule has 11 heteroatoms. The molecule has 1 amide bonds. The van der Waals surface area contributed by atoms with E-state index >= 15 is 0 Å². The highest BCUT2D eigenvalue weighted by atomic mass is 32.2. The van der Waals surface area contributed by atoms with Crippen LogP contribution >= 0.6 is 0 Å². The molecule has 2 atom stereocenters. The van der Waals surface area contributed by atoms with Crippen LogP contribution in [0.1, 0.15) is 35.8 Å². The second kappa shape index (κ2) is 8.95. The number of aromatic nitrogens is 2. The highest BCUT2D eigenvalue weighted by molar-refractivity contribution is 7.92. The first-order chi connectivity index (χ1) is 13.5. The van der Waals surface area contributed by atoms with E-state index in [4.69, 9.17) is 15.9 Å². The van der Waals surface area contributed by atoms with E-state index < -0.39 is 44.3 Å². The highest BCUT2D eigenvalue weighted by Gasteiger charge is 2.27. The number of anilines is 1. The number of benzene rings is 1. The van der Waals surface area contributed by atoms with Gasteiger partial charge in [0, 0.05) is 5.69 Å². The minimum absolute atomic E-state index is 0.0302. The smallest absolute Gasteiger partial charge is 0.275 e. The maximum atomic E-state index is 14.3. The largest absolute Gasteiger partial charge is 0.480 e. The SMILES string of the molecule is COc1cnc(C(=O)Nc2ccc(F)c([C@H](C)CS(=O)(=O)[C@H](C)C(=N)N)c2)cn1. The lowest BCUT2D eigenvalue weighted by atomic mass is 10.0. The normalized spacial score (nSPS) is 13.4. The van der Waals surface area contributed by atoms with Crippen LogP contribution in [-0.2, 0) is 9.84 Å². The number of ether oxygens (including phenoxy) is 1. The van der Waals surface area contributed by atoms with Crippen molar-refractivity contribution in [2.75, 3.05) is 18.2 Å². The van der Waals surface area contributed by atoms with Gasteiger partial charge in [0.1, 0.15) is 22.6 Å². The molecule has 2 rings (SSSR count). The number of hydrogen-bond donors (Lipinski definition) is 3. The Hall–Kier alpha value is -3.08. The van der Waals surface area contributed by atoms with Gasteiger partial charge in [0.05, 0.1) is 25.3 Å². The van der Waals surface area contributed by atoms with E-state index in [9.17, 15) is 17.6 Å². The summed E-state index contributed by atoms with van der Waals surface area (Å²) in [6.45, 7) is 2.86. The van der Waals surface area contributed by atoms with Gasteiger partial charge in [0.25, 0.3) is 5.91 Å². The summed E-state index contributed by atoms with van der Waals surface area (Å²) < 4.78 is 43.8. The Kier molecular flexibility index (Phi) is 6.85. The number of rotatable bonds is 8. The first-order valence-electron chi connectivity index (χ1n) is 8.57. The molecule has 0 aliphatic rings. The van der Waals surface area contributed by atoms with Crippen molar-refractivity contribution in [2.45, 2.75) is 25.0 Å². The summed E-state index contributed by atoms with van der Waals surface area (Å²) in [6.07, 6.45) is 2.52. The van der Waals surface area contributed by atoms with E-state index in [1.807, 2.05) is 0 Å². The van der Waals surface area contributed by atoms with Gasteiger partial charge >= 0.3 is 0 Å². The zero-order valence-electron chi connectivity index (χ0n) is 16.1. The van der Waals surface area contributed by atoms with Crippen molar-refractivity contribution in [1.29, 1.82) is 5.41 Å². The topological polar surface area (TPSA) is 148 Å². The third-order valence-electron chi connectivity index (χ3n) is 4.31. The van der Waals surface area contributed by atoms with Crippen LogP contribution in [0.25, 0.3) is 0 Å². The third kappa shape index (κ3) is 5.47. The molecule has 1 heterocycles. The van der Waals surface area contributed by atoms with Crippen LogP contribution in [-0.4, -0.2) is 48.2 Å². The maximum Gasteiger partial charge on any atom is 0.275 e. The standard InChI is InChI=1S/C18H22FN5O4S/c1-10(9-29(26,27)11(2)17(20)21)13-6-12(4-5-14(13)19)24-18(25)15-7-23-16(28-3)8-22-15/h4-8,10-11H,9H2,1-3H3,(H3,20,21)(H,24,25)/t10-,11-/m1/s1. The number of nitrogens with two attached hydrogens (primary N) is 1. The number of methoxy groups -OCH3 is 1. The van der Waals surface area contributed by atoms with Gasteiger partial charge < -0.3 is 15.8 Å². The van der Waals surface area contributed by atoms with Crippen LogP contribution < -0.4 is 15.8 Å². The monoisotopic (exact) mass is 423 g/mol. The molecular weight excluding hydrogens is 401 g/mol. The molecule has 2 aromatic rings. The molecule has 9 nitrogen and oxygen atoms in total. The quantitative estimate of drug-likeness (QED) is 0.432. The lowest BCUT2D eigenvalue weighted by Crippen LogP contribution is -2.35. The van der Waals surface area contributed by atoms with Crippen molar-refractivity contribution < 1.29 is 22.3 Å². The Morgan fingerprint density at radius 3 is 2.55 bits per heavy atom. The van der Waals surface area contributed by atoms with Gasteiger partial charge in [-0.05, 0) is 36.6 Å². The van der Waals surface area contributed by atoms with Crippen molar-refractivity contribution in [2.24, 2.45) is 5.73 Å². The van der Waals surface area contributed by atoms with E-state index in [0.29, 0.717) is 0 Å². The maximum absolute atomic E-state index is 14.3. The fourth-order valence-electron chi connectivity index (χ4n) is 2.51. The summed E-state index contributed by atoms with van der Waals surface area (Å²) >= 11 is 0. The van der Waals surface area contributed by atoms with E-state index in [1.54, 1.807) is 6.92 Å². The van der Waals surface area contributed by atoms with E-state index in [2.05, 4.69) is 15.3 Å². The molecule has 0 fully saturated rings. The number of amides is 1. The first-order valence-corrected chi connectivity index (χ1v) is 10.3. The molecule has 0 saturated carbocycles. The molecule has 0 radical (unpaired) electrons. The van der Waals surface area contributed by atoms with Crippen LogP contribution in [0, 0.1) is 11.2 Å². The molecule has 29 heavy (non-hydrogen) atoms. The molecule has 0 saturated heterocycles. The second-order valence-electron chi connectivity index (χ2n) is 6.46. The number of nitrogens with zero attached hydrogens (tertiary/aromatic N) is 2. The van der Waals surface area contributed by atoms with Gasteiger partial charge in [-0.2, -0.15) is 0 Å². The van der Waals surface area contributed by atoms with Crippen LogP contribution in [0.3, 0.4) is 0 Å². The number of nitrogens with one attached hydrogen (secondary N) is 2. The number of hydrogen-bond acceptors (Lipinski definition) is 7. The molecule has 0 aliphatic heterocycles. The number of carbonyl (C=O) groups excluding carboxylic acids is 1. The van der Waals surface area contributed by atoms with E-state index in [-0.39, 0.29) is 22.8 Å². The van der Waals surface area contributed by atoms with Crippen molar-refractivity contribution in [3.05, 3.63) is 47.7 Å². The Morgan fingerprint density at radius 1 is 1.31 bits per heavy atom. The average molecular weight is 423 g/mol. The van der Waals surface area contributed by atoms with Crippen molar-refractivity contribution in [3.8, 4) is 5.88 Å². The first kappa shape index (κ1) is 22.2. The molecule has 4 N–H and O–H groups in total. The van der Waals surface area contributed by atoms with Crippen molar-refractivity contribution >= 4 is 27.3 Å². The molecule has 1 aromatic heterocycles. The average Bonchev–Trinajstić information content (AvgIpc) is 2.68. The second-order valence-corrected chi connectivity index (χ2v) is 8.83. The van der Waals surface area contributed by atoms with Gasteiger partial charge in [-0.3, -0.25) is 10.2 Å². The highest BCUT2D eigenvalue weighted by Crippen LogP contribution is 2.25. The van der Waals surface area contributed by atoms with Crippen LogP contribution in [0.4, 0.5) is 10.1 Å². The number of amidine groups is 1. The predicted molar refractivity (Wildman–Crippen MR) is 107 cm³/mol. The molecule has 0 spiro atoms. The van der Waals surface area contributed by atoms with Gasteiger partial charge in [0.2, 0.25) is 5.88 Å². The summed E-state index contributed by atoms with van der Waals surface area (Å²) in [4.78, 5) is 20.1. The summed E-state index contributed by atoms with van der Waals surface area (Å²) in [6, 6.07) is 3.86. The summed E-state index contributed by atoms with van der Waals surface area (Å²) in [7, 11) is -2.32. The number of carbonyl (C=O) groups is 1. The lowest BCUT2D eigenvalue weighted by Gasteiger charge is -2.17. The zero-order valence-corrected chi connectivity index (χ0v) is 17.0. The summed E-state index contributed by atoms with van der Waals surface area (Å²) in [5, 5.41) is 8.73. The fourth-order valence-corrected chi connectivity index (χ4v) is 4.06. The van der Waals surface area contributed by atoms with Gasteiger partial charge in [-0.25, -0.2) is 22.8 Å². The Balaban J connectivity index is 2.20. The fraction of sp³-hybridized carbons (Fsp3) is 0.333. The van der Waals surface area contributed by atoms with Gasteiger partial charge in [-0.15, -0.1) is 0 Å². The van der Waals surface area contributed by atoms with Crippen molar-refractivity contribution in [1.82, 2.24) is 9.97 Å². The Labute approximate surface area is 167 Å². The van der Waals surface area contributed by atoms with Gasteiger partial charge in [0.15, 0.2) is 9.84 Å². The minimum atomic E-state index is -3.74. The van der Waals surface area contributed by atoms with Crippen LogP contribution in [0.5, 0.6) is 5.88 Å². The molecule has 0 aliphatic carbocycles. The molecule has 156 valence electrons. The Morgan fingerprint density at radius 2 is 2.00 bits per heavy atom.